The average molecular weight is 359 g/mol. The predicted octanol–water partition coefficient (Wildman–Crippen LogP) is 5.81. The number of benzene rings is 3. The van der Waals surface area contributed by atoms with Gasteiger partial charge < -0.3 is 11.5 Å². The highest BCUT2D eigenvalue weighted by atomic mass is 14.7. The maximum absolute atomic E-state index is 6.58. The molecule has 0 aromatic heterocycles. The summed E-state index contributed by atoms with van der Waals surface area (Å²) in [6.07, 6.45) is 0. The highest BCUT2D eigenvalue weighted by Crippen LogP contribution is 2.44. The number of rotatable bonds is 4. The van der Waals surface area contributed by atoms with Crippen LogP contribution in [0, 0.1) is 6.92 Å². The molecule has 0 aliphatic rings. The molecule has 0 saturated carbocycles. The molecule has 140 valence electrons. The summed E-state index contributed by atoms with van der Waals surface area (Å²) in [5.74, 6) is 0. The lowest BCUT2D eigenvalue weighted by Gasteiger charge is -2.34. The van der Waals surface area contributed by atoms with Crippen LogP contribution in [0.15, 0.2) is 66.7 Å². The van der Waals surface area contributed by atoms with E-state index in [9.17, 15) is 0 Å². The SMILES string of the molecule is Cc1c(N)c(C(C)(C)c2ccccc2)cc(C(C)(C)c2ccccc2)c1N. The van der Waals surface area contributed by atoms with Crippen LogP contribution < -0.4 is 11.5 Å². The molecule has 0 spiro atoms. The van der Waals surface area contributed by atoms with Crippen LogP contribution in [-0.2, 0) is 10.8 Å². The number of nitrogens with two attached hydrogens (primary N) is 2. The summed E-state index contributed by atoms with van der Waals surface area (Å²) in [7, 11) is 0. The summed E-state index contributed by atoms with van der Waals surface area (Å²) in [6, 6.07) is 23.2. The number of hydrogen-bond donors (Lipinski definition) is 2. The van der Waals surface area contributed by atoms with Gasteiger partial charge in [0.15, 0.2) is 0 Å². The molecule has 3 rings (SSSR count). The molecule has 0 aliphatic heterocycles. The molecule has 4 N–H and O–H groups in total. The van der Waals surface area contributed by atoms with Crippen LogP contribution in [-0.4, -0.2) is 0 Å². The van der Waals surface area contributed by atoms with Crippen LogP contribution >= 0.6 is 0 Å². The van der Waals surface area contributed by atoms with Crippen molar-refractivity contribution in [1.82, 2.24) is 0 Å². The second-order valence-corrected chi connectivity index (χ2v) is 8.41. The Bertz CT molecular complexity index is 863. The fourth-order valence-electron chi connectivity index (χ4n) is 3.90. The lowest BCUT2D eigenvalue weighted by molar-refractivity contribution is 0.620. The molecular formula is C25H30N2. The first-order valence-electron chi connectivity index (χ1n) is 9.48. The molecule has 2 nitrogen and oxygen atoms in total. The quantitative estimate of drug-likeness (QED) is 0.578. The van der Waals surface area contributed by atoms with Gasteiger partial charge in [0.05, 0.1) is 0 Å². The van der Waals surface area contributed by atoms with Gasteiger partial charge in [-0.05, 0) is 40.8 Å². The van der Waals surface area contributed by atoms with E-state index >= 15 is 0 Å². The standard InChI is InChI=1S/C25H30N2/c1-17-22(26)20(24(2,3)18-12-8-6-9-13-18)16-21(23(17)27)25(4,5)19-14-10-7-11-15-19/h6-16H,26-27H2,1-5H3. The predicted molar refractivity (Wildman–Crippen MR) is 117 cm³/mol. The van der Waals surface area contributed by atoms with Gasteiger partial charge in [-0.3, -0.25) is 0 Å². The summed E-state index contributed by atoms with van der Waals surface area (Å²) >= 11 is 0. The maximum Gasteiger partial charge on any atom is 0.0406 e. The molecule has 0 radical (unpaired) electrons. The van der Waals surface area contributed by atoms with Crippen LogP contribution in [0.1, 0.15) is 55.5 Å². The van der Waals surface area contributed by atoms with Gasteiger partial charge >= 0.3 is 0 Å². The Balaban J connectivity index is 2.24. The van der Waals surface area contributed by atoms with Crippen molar-refractivity contribution in [2.24, 2.45) is 0 Å². The minimum absolute atomic E-state index is 0.217. The Labute approximate surface area is 163 Å². The number of anilines is 2. The number of nitrogen functional groups attached to an aromatic ring is 2. The van der Waals surface area contributed by atoms with E-state index in [1.807, 2.05) is 19.1 Å². The second kappa shape index (κ2) is 6.77. The monoisotopic (exact) mass is 358 g/mol. The third-order valence-electron chi connectivity index (χ3n) is 6.01. The van der Waals surface area contributed by atoms with Gasteiger partial charge in [-0.1, -0.05) is 88.4 Å². The van der Waals surface area contributed by atoms with E-state index < -0.39 is 0 Å². The van der Waals surface area contributed by atoms with Crippen LogP contribution in [0.3, 0.4) is 0 Å². The molecule has 0 unspecified atom stereocenters. The maximum atomic E-state index is 6.58. The van der Waals surface area contributed by atoms with Gasteiger partial charge in [-0.15, -0.1) is 0 Å². The molecule has 0 saturated heterocycles. The van der Waals surface area contributed by atoms with Crippen LogP contribution in [0.25, 0.3) is 0 Å². The summed E-state index contributed by atoms with van der Waals surface area (Å²) < 4.78 is 0. The van der Waals surface area contributed by atoms with Gasteiger partial charge in [0.25, 0.3) is 0 Å². The lowest BCUT2D eigenvalue weighted by Crippen LogP contribution is -2.26. The zero-order valence-corrected chi connectivity index (χ0v) is 17.0. The average Bonchev–Trinajstić information content (AvgIpc) is 2.67. The molecule has 0 fully saturated rings. The first kappa shape index (κ1) is 19.0. The number of hydrogen-bond acceptors (Lipinski definition) is 2. The van der Waals surface area contributed by atoms with Crippen molar-refractivity contribution in [2.45, 2.75) is 45.4 Å². The molecule has 0 atom stereocenters. The third-order valence-corrected chi connectivity index (χ3v) is 6.01. The van der Waals surface area contributed by atoms with Crippen molar-refractivity contribution in [3.05, 3.63) is 94.5 Å². The zero-order chi connectivity index (χ0) is 19.8. The topological polar surface area (TPSA) is 52.0 Å². The molecule has 0 amide bonds. The van der Waals surface area contributed by atoms with Crippen molar-refractivity contribution < 1.29 is 0 Å². The minimum Gasteiger partial charge on any atom is -0.398 e. The van der Waals surface area contributed by atoms with Crippen molar-refractivity contribution in [2.75, 3.05) is 11.5 Å². The lowest BCUT2D eigenvalue weighted by atomic mass is 9.71. The molecular weight excluding hydrogens is 328 g/mol. The largest absolute Gasteiger partial charge is 0.398 e. The molecule has 0 aliphatic carbocycles. The van der Waals surface area contributed by atoms with Gasteiger partial charge in [0.1, 0.15) is 0 Å². The molecule has 0 bridgehead atoms. The zero-order valence-electron chi connectivity index (χ0n) is 17.0. The Kier molecular flexibility index (Phi) is 4.77. The van der Waals surface area contributed by atoms with E-state index in [-0.39, 0.29) is 10.8 Å². The first-order valence-corrected chi connectivity index (χ1v) is 9.48. The summed E-state index contributed by atoms with van der Waals surface area (Å²) in [4.78, 5) is 0. The molecule has 3 aromatic rings. The molecule has 27 heavy (non-hydrogen) atoms. The van der Waals surface area contributed by atoms with E-state index in [1.54, 1.807) is 0 Å². The smallest absolute Gasteiger partial charge is 0.0406 e. The highest BCUT2D eigenvalue weighted by molar-refractivity contribution is 5.73. The van der Waals surface area contributed by atoms with Crippen LogP contribution in [0.5, 0.6) is 0 Å². The Morgan fingerprint density at radius 3 is 1.26 bits per heavy atom. The summed E-state index contributed by atoms with van der Waals surface area (Å²) in [5, 5.41) is 0. The third kappa shape index (κ3) is 3.21. The summed E-state index contributed by atoms with van der Waals surface area (Å²) in [5.41, 5.74) is 20.0. The van der Waals surface area contributed by atoms with E-state index in [0.717, 1.165) is 28.1 Å². The van der Waals surface area contributed by atoms with Gasteiger partial charge in [-0.25, -0.2) is 0 Å². The van der Waals surface area contributed by atoms with Crippen molar-refractivity contribution >= 4 is 11.4 Å². The van der Waals surface area contributed by atoms with Crippen molar-refractivity contribution in [3.8, 4) is 0 Å². The second-order valence-electron chi connectivity index (χ2n) is 8.41. The van der Waals surface area contributed by atoms with Gasteiger partial charge in [-0.2, -0.15) is 0 Å². The fraction of sp³-hybridized carbons (Fsp3) is 0.280. The fourth-order valence-corrected chi connectivity index (χ4v) is 3.90. The van der Waals surface area contributed by atoms with Crippen molar-refractivity contribution in [1.29, 1.82) is 0 Å². The minimum atomic E-state index is -0.217. The highest BCUT2D eigenvalue weighted by Gasteiger charge is 2.32. The van der Waals surface area contributed by atoms with Gasteiger partial charge in [0.2, 0.25) is 0 Å². The molecule has 0 heterocycles. The molecule has 2 heteroatoms. The summed E-state index contributed by atoms with van der Waals surface area (Å²) in [6.45, 7) is 10.9. The Morgan fingerprint density at radius 2 is 0.926 bits per heavy atom. The van der Waals surface area contributed by atoms with E-state index in [1.165, 1.54) is 11.1 Å². The van der Waals surface area contributed by atoms with Crippen molar-refractivity contribution in [3.63, 3.8) is 0 Å². The van der Waals surface area contributed by atoms with Crippen LogP contribution in [0.2, 0.25) is 0 Å². The van der Waals surface area contributed by atoms with Gasteiger partial charge in [0, 0.05) is 22.2 Å². The van der Waals surface area contributed by atoms with Crippen LogP contribution in [0.4, 0.5) is 11.4 Å². The normalized spacial score (nSPS) is 12.2. The van der Waals surface area contributed by atoms with E-state index in [0.29, 0.717) is 0 Å². The van der Waals surface area contributed by atoms with E-state index in [2.05, 4.69) is 82.3 Å². The van der Waals surface area contributed by atoms with E-state index in [4.69, 9.17) is 11.5 Å². The first-order chi connectivity index (χ1) is 12.7. The Morgan fingerprint density at radius 1 is 0.593 bits per heavy atom. The Hall–Kier alpha value is -2.74. The molecule has 3 aromatic carbocycles.